The Hall–Kier alpha value is -2.84. The summed E-state index contributed by atoms with van der Waals surface area (Å²) in [6, 6.07) is 4.48. The van der Waals surface area contributed by atoms with Crippen LogP contribution in [-0.4, -0.2) is 26.8 Å². The predicted octanol–water partition coefficient (Wildman–Crippen LogP) is 3.10. The third-order valence-corrected chi connectivity index (χ3v) is 4.06. The number of H-pyrrole nitrogens is 1. The van der Waals surface area contributed by atoms with Crippen LogP contribution in [0.1, 0.15) is 29.8 Å². The highest BCUT2D eigenvalue weighted by atomic mass is 19.4. The van der Waals surface area contributed by atoms with Gasteiger partial charge in [-0.3, -0.25) is 9.78 Å². The van der Waals surface area contributed by atoms with Crippen molar-refractivity contribution in [2.75, 3.05) is 12.4 Å². The molecule has 1 aromatic carbocycles. The average molecular weight is 351 g/mol. The first-order valence-corrected chi connectivity index (χ1v) is 7.56. The number of fused-ring (bicyclic) bond motifs is 1. The summed E-state index contributed by atoms with van der Waals surface area (Å²) < 4.78 is 39.7. The molecular formula is C16H16F3N5O. The number of nitrogens with zero attached hydrogens (tertiary/aromatic N) is 3. The van der Waals surface area contributed by atoms with Crippen molar-refractivity contribution in [1.82, 2.24) is 19.7 Å². The van der Waals surface area contributed by atoms with Crippen LogP contribution in [0.5, 0.6) is 0 Å². The summed E-state index contributed by atoms with van der Waals surface area (Å²) in [6.45, 7) is 3.48. The maximum absolute atomic E-state index is 12.7. The average Bonchev–Trinajstić information content (AvgIpc) is 2.90. The third-order valence-electron chi connectivity index (χ3n) is 4.06. The molecule has 6 nitrogen and oxygen atoms in total. The van der Waals surface area contributed by atoms with Gasteiger partial charge in [0.15, 0.2) is 5.65 Å². The Bertz CT molecular complexity index is 972. The molecule has 0 aliphatic rings. The standard InChI is InChI=1S/C16H16F3N5O/c1-8-12-13(21-15(20-3)22-14(12)25)24(23-8)9(2)10-4-6-11(7-5-10)16(17,18)19/h4-7,9H,1-3H3,(H2,20,21,22,25). The first-order chi connectivity index (χ1) is 11.7. The minimum Gasteiger partial charge on any atom is -0.359 e. The number of halogens is 3. The SMILES string of the molecule is CNc1nc2c(c(C)nn2C(C)c2ccc(C(F)(F)F)cc2)c(=O)[nH]1. The normalized spacial score (nSPS) is 13.2. The molecule has 3 rings (SSSR count). The fourth-order valence-electron chi connectivity index (χ4n) is 2.69. The Morgan fingerprint density at radius 3 is 2.44 bits per heavy atom. The second-order valence-corrected chi connectivity index (χ2v) is 5.69. The molecule has 0 saturated heterocycles. The van der Waals surface area contributed by atoms with Crippen molar-refractivity contribution >= 4 is 17.0 Å². The van der Waals surface area contributed by atoms with Crippen LogP contribution >= 0.6 is 0 Å². The molecular weight excluding hydrogens is 335 g/mol. The molecule has 132 valence electrons. The summed E-state index contributed by atoms with van der Waals surface area (Å²) in [6.07, 6.45) is -4.38. The summed E-state index contributed by atoms with van der Waals surface area (Å²) in [5, 5.41) is 7.48. The Balaban J connectivity index is 2.09. The number of nitrogens with one attached hydrogen (secondary N) is 2. The maximum atomic E-state index is 12.7. The lowest BCUT2D eigenvalue weighted by Gasteiger charge is -2.15. The number of aryl methyl sites for hydroxylation is 1. The third kappa shape index (κ3) is 2.97. The van der Waals surface area contributed by atoms with Crippen LogP contribution in [-0.2, 0) is 6.18 Å². The number of benzene rings is 1. The van der Waals surface area contributed by atoms with E-state index in [9.17, 15) is 18.0 Å². The smallest absolute Gasteiger partial charge is 0.359 e. The van der Waals surface area contributed by atoms with Gasteiger partial charge in [0.1, 0.15) is 5.39 Å². The second kappa shape index (κ2) is 5.91. The predicted molar refractivity (Wildman–Crippen MR) is 87.7 cm³/mol. The van der Waals surface area contributed by atoms with E-state index in [2.05, 4.69) is 20.4 Å². The van der Waals surface area contributed by atoms with Crippen LogP contribution in [0, 0.1) is 6.92 Å². The molecule has 0 amide bonds. The van der Waals surface area contributed by atoms with E-state index < -0.39 is 17.8 Å². The lowest BCUT2D eigenvalue weighted by Crippen LogP contribution is -2.14. The van der Waals surface area contributed by atoms with Crippen LogP contribution < -0.4 is 10.9 Å². The van der Waals surface area contributed by atoms with Gasteiger partial charge in [-0.05, 0) is 31.5 Å². The van der Waals surface area contributed by atoms with Gasteiger partial charge in [-0.15, -0.1) is 0 Å². The highest BCUT2D eigenvalue weighted by Crippen LogP contribution is 2.31. The molecule has 3 aromatic rings. The Morgan fingerprint density at radius 2 is 1.88 bits per heavy atom. The summed E-state index contributed by atoms with van der Waals surface area (Å²) in [7, 11) is 1.62. The van der Waals surface area contributed by atoms with E-state index in [0.717, 1.165) is 12.1 Å². The Morgan fingerprint density at radius 1 is 1.24 bits per heavy atom. The van der Waals surface area contributed by atoms with Crippen molar-refractivity contribution in [3.8, 4) is 0 Å². The molecule has 0 bridgehead atoms. The topological polar surface area (TPSA) is 75.6 Å². The highest BCUT2D eigenvalue weighted by Gasteiger charge is 2.30. The summed E-state index contributed by atoms with van der Waals surface area (Å²) >= 11 is 0. The van der Waals surface area contributed by atoms with Crippen molar-refractivity contribution in [2.24, 2.45) is 0 Å². The van der Waals surface area contributed by atoms with Gasteiger partial charge in [0.2, 0.25) is 5.95 Å². The second-order valence-electron chi connectivity index (χ2n) is 5.69. The summed E-state index contributed by atoms with van der Waals surface area (Å²) in [5.41, 5.74) is 0.475. The summed E-state index contributed by atoms with van der Waals surface area (Å²) in [4.78, 5) is 19.1. The maximum Gasteiger partial charge on any atom is 0.416 e. The van der Waals surface area contributed by atoms with Gasteiger partial charge in [-0.1, -0.05) is 12.1 Å². The van der Waals surface area contributed by atoms with Crippen molar-refractivity contribution in [2.45, 2.75) is 26.1 Å². The first-order valence-electron chi connectivity index (χ1n) is 7.56. The van der Waals surface area contributed by atoms with Crippen molar-refractivity contribution in [1.29, 1.82) is 0 Å². The van der Waals surface area contributed by atoms with Crippen LogP contribution in [0.3, 0.4) is 0 Å². The molecule has 0 aliphatic heterocycles. The van der Waals surface area contributed by atoms with Gasteiger partial charge in [-0.2, -0.15) is 23.3 Å². The Labute approximate surface area is 140 Å². The van der Waals surface area contributed by atoms with Gasteiger partial charge in [-0.25, -0.2) is 4.68 Å². The molecule has 1 unspecified atom stereocenters. The number of rotatable bonds is 3. The van der Waals surface area contributed by atoms with Gasteiger partial charge < -0.3 is 5.32 Å². The van der Waals surface area contributed by atoms with E-state index in [4.69, 9.17) is 0 Å². The minimum atomic E-state index is -4.38. The number of aromatic nitrogens is 4. The molecule has 0 aliphatic carbocycles. The van der Waals surface area contributed by atoms with Crippen LogP contribution in [0.4, 0.5) is 19.1 Å². The van der Waals surface area contributed by atoms with Crippen molar-refractivity contribution in [3.05, 3.63) is 51.4 Å². The lowest BCUT2D eigenvalue weighted by atomic mass is 10.1. The molecule has 2 N–H and O–H groups in total. The highest BCUT2D eigenvalue weighted by molar-refractivity contribution is 5.78. The molecule has 0 fully saturated rings. The number of hydrogen-bond donors (Lipinski definition) is 2. The monoisotopic (exact) mass is 351 g/mol. The molecule has 0 saturated carbocycles. The minimum absolute atomic E-state index is 0.290. The van der Waals surface area contributed by atoms with Gasteiger partial charge in [0.25, 0.3) is 5.56 Å². The molecule has 2 heterocycles. The number of aromatic amines is 1. The van der Waals surface area contributed by atoms with E-state index in [1.807, 2.05) is 0 Å². The van der Waals surface area contributed by atoms with Crippen LogP contribution in [0.2, 0.25) is 0 Å². The lowest BCUT2D eigenvalue weighted by molar-refractivity contribution is -0.137. The van der Waals surface area contributed by atoms with E-state index in [1.54, 1.807) is 25.6 Å². The van der Waals surface area contributed by atoms with E-state index >= 15 is 0 Å². The fraction of sp³-hybridized carbons (Fsp3) is 0.312. The van der Waals surface area contributed by atoms with Crippen molar-refractivity contribution < 1.29 is 13.2 Å². The number of alkyl halides is 3. The number of hydrogen-bond acceptors (Lipinski definition) is 4. The zero-order valence-corrected chi connectivity index (χ0v) is 13.8. The van der Waals surface area contributed by atoms with Gasteiger partial charge >= 0.3 is 6.18 Å². The van der Waals surface area contributed by atoms with Crippen molar-refractivity contribution in [3.63, 3.8) is 0 Å². The zero-order valence-electron chi connectivity index (χ0n) is 13.8. The van der Waals surface area contributed by atoms with Crippen LogP contribution in [0.15, 0.2) is 29.1 Å². The molecule has 9 heteroatoms. The van der Waals surface area contributed by atoms with Gasteiger partial charge in [0.05, 0.1) is 17.3 Å². The molecule has 2 aromatic heterocycles. The molecule has 0 radical (unpaired) electrons. The van der Waals surface area contributed by atoms with Crippen LogP contribution in [0.25, 0.3) is 11.0 Å². The number of anilines is 1. The quantitative estimate of drug-likeness (QED) is 0.760. The molecule has 1 atom stereocenters. The fourth-order valence-corrected chi connectivity index (χ4v) is 2.69. The van der Waals surface area contributed by atoms with E-state index in [0.29, 0.717) is 28.2 Å². The molecule has 25 heavy (non-hydrogen) atoms. The molecule has 0 spiro atoms. The largest absolute Gasteiger partial charge is 0.416 e. The first kappa shape index (κ1) is 17.0. The summed E-state index contributed by atoms with van der Waals surface area (Å²) in [5.74, 6) is 0.290. The van der Waals surface area contributed by atoms with E-state index in [-0.39, 0.29) is 5.56 Å². The van der Waals surface area contributed by atoms with E-state index in [1.165, 1.54) is 12.1 Å². The zero-order chi connectivity index (χ0) is 18.4. The Kier molecular flexibility index (Phi) is 4.02. The van der Waals surface area contributed by atoms with Gasteiger partial charge in [0, 0.05) is 7.05 Å².